The van der Waals surface area contributed by atoms with Gasteiger partial charge in [0.05, 0.1) is 0 Å². The summed E-state index contributed by atoms with van der Waals surface area (Å²) in [5, 5.41) is 3.67. The zero-order valence-electron chi connectivity index (χ0n) is 11.3. The molecule has 4 rings (SSSR count). The second-order valence-electron chi connectivity index (χ2n) is 6.46. The van der Waals surface area contributed by atoms with Crippen molar-refractivity contribution in [3.8, 4) is 0 Å². The lowest BCUT2D eigenvalue weighted by Crippen LogP contribution is -2.41. The maximum atomic E-state index is 12.8. The Morgan fingerprint density at radius 2 is 2.00 bits per heavy atom. The third-order valence-corrected chi connectivity index (χ3v) is 5.57. The number of carbonyl (C=O) groups is 1. The Morgan fingerprint density at radius 3 is 2.95 bits per heavy atom. The highest BCUT2D eigenvalue weighted by molar-refractivity contribution is 6.00. The number of aryl methyl sites for hydroxylation is 1. The molecule has 0 aromatic heterocycles. The van der Waals surface area contributed by atoms with Crippen LogP contribution >= 0.6 is 0 Å². The first-order chi connectivity index (χ1) is 9.34. The van der Waals surface area contributed by atoms with E-state index >= 15 is 0 Å². The minimum Gasteiger partial charge on any atom is -0.313 e. The third kappa shape index (κ3) is 1.77. The lowest BCUT2D eigenvalue weighted by Gasteiger charge is -2.31. The standard InChI is InChI=1S/C17H21NO/c19-17-14-6-2-1-4-11(14)8-9-15(17)16-13-7-3-5-12(13)10-18-16/h1-2,4,6,12-13,15-16,18H,3,5,7-10H2. The monoisotopic (exact) mass is 255 g/mol. The summed E-state index contributed by atoms with van der Waals surface area (Å²) in [6, 6.07) is 8.63. The van der Waals surface area contributed by atoms with E-state index in [2.05, 4.69) is 11.4 Å². The van der Waals surface area contributed by atoms with Crippen LogP contribution in [-0.2, 0) is 6.42 Å². The molecule has 19 heavy (non-hydrogen) atoms. The molecule has 2 fully saturated rings. The molecular formula is C17H21NO. The summed E-state index contributed by atoms with van der Waals surface area (Å²) in [6.45, 7) is 1.14. The molecule has 1 aliphatic heterocycles. The van der Waals surface area contributed by atoms with Gasteiger partial charge in [-0.15, -0.1) is 0 Å². The molecule has 3 aliphatic rings. The lowest BCUT2D eigenvalue weighted by atomic mass is 9.75. The van der Waals surface area contributed by atoms with Gasteiger partial charge < -0.3 is 5.32 Å². The van der Waals surface area contributed by atoms with Crippen LogP contribution in [0.25, 0.3) is 0 Å². The van der Waals surface area contributed by atoms with Gasteiger partial charge in [-0.05, 0) is 49.6 Å². The summed E-state index contributed by atoms with van der Waals surface area (Å²) in [7, 11) is 0. The molecule has 1 N–H and O–H groups in total. The van der Waals surface area contributed by atoms with E-state index in [1.54, 1.807) is 0 Å². The summed E-state index contributed by atoms with van der Waals surface area (Å²) < 4.78 is 0. The van der Waals surface area contributed by atoms with E-state index in [-0.39, 0.29) is 5.92 Å². The van der Waals surface area contributed by atoms with Gasteiger partial charge in [-0.25, -0.2) is 0 Å². The predicted octanol–water partition coefficient (Wildman–Crippen LogP) is 2.82. The van der Waals surface area contributed by atoms with E-state index in [4.69, 9.17) is 0 Å². The van der Waals surface area contributed by atoms with Gasteiger partial charge >= 0.3 is 0 Å². The quantitative estimate of drug-likeness (QED) is 0.836. The zero-order valence-corrected chi connectivity index (χ0v) is 11.3. The van der Waals surface area contributed by atoms with Crippen LogP contribution in [0.5, 0.6) is 0 Å². The average molecular weight is 255 g/mol. The van der Waals surface area contributed by atoms with Crippen LogP contribution in [-0.4, -0.2) is 18.4 Å². The molecule has 1 aromatic rings. The minimum atomic E-state index is 0.225. The first-order valence-electron chi connectivity index (χ1n) is 7.70. The largest absolute Gasteiger partial charge is 0.313 e. The number of hydrogen-bond acceptors (Lipinski definition) is 2. The molecule has 100 valence electrons. The molecule has 2 aliphatic carbocycles. The van der Waals surface area contributed by atoms with Crippen LogP contribution in [0.2, 0.25) is 0 Å². The highest BCUT2D eigenvalue weighted by Gasteiger charge is 2.45. The van der Waals surface area contributed by atoms with Gasteiger partial charge in [0.2, 0.25) is 0 Å². The molecule has 1 saturated carbocycles. The molecular weight excluding hydrogens is 234 g/mol. The third-order valence-electron chi connectivity index (χ3n) is 5.57. The summed E-state index contributed by atoms with van der Waals surface area (Å²) in [5.74, 6) is 2.23. The van der Waals surface area contributed by atoms with Crippen LogP contribution in [0.1, 0.15) is 41.6 Å². The highest BCUT2D eigenvalue weighted by atomic mass is 16.1. The second kappa shape index (κ2) is 4.45. The van der Waals surface area contributed by atoms with Crippen LogP contribution in [0.4, 0.5) is 0 Å². The fourth-order valence-corrected chi connectivity index (χ4v) is 4.63. The van der Waals surface area contributed by atoms with Crippen molar-refractivity contribution in [3.63, 3.8) is 0 Å². The van der Waals surface area contributed by atoms with E-state index < -0.39 is 0 Å². The number of Topliss-reactive ketones (excluding diaryl/α,β-unsaturated/α-hetero) is 1. The summed E-state index contributed by atoms with van der Waals surface area (Å²) >= 11 is 0. The number of ketones is 1. The van der Waals surface area contributed by atoms with Gasteiger partial charge in [0, 0.05) is 17.5 Å². The van der Waals surface area contributed by atoms with Gasteiger partial charge in [-0.1, -0.05) is 30.7 Å². The fraction of sp³-hybridized carbons (Fsp3) is 0.588. The first-order valence-corrected chi connectivity index (χ1v) is 7.70. The molecule has 0 radical (unpaired) electrons. The van der Waals surface area contributed by atoms with Crippen LogP contribution in [0, 0.1) is 17.8 Å². The lowest BCUT2D eigenvalue weighted by molar-refractivity contribution is 0.0854. The zero-order chi connectivity index (χ0) is 12.8. The van der Waals surface area contributed by atoms with Crippen molar-refractivity contribution in [2.24, 2.45) is 17.8 Å². The molecule has 4 atom stereocenters. The highest BCUT2D eigenvalue weighted by Crippen LogP contribution is 2.42. The molecule has 1 heterocycles. The topological polar surface area (TPSA) is 29.1 Å². The van der Waals surface area contributed by atoms with Crippen molar-refractivity contribution in [3.05, 3.63) is 35.4 Å². The SMILES string of the molecule is O=C1c2ccccc2CCC1C1NCC2CCCC21. The Morgan fingerprint density at radius 1 is 1.11 bits per heavy atom. The molecule has 1 aromatic carbocycles. The van der Waals surface area contributed by atoms with Crippen molar-refractivity contribution in [2.75, 3.05) is 6.54 Å². The Hall–Kier alpha value is -1.15. The average Bonchev–Trinajstić information content (AvgIpc) is 3.03. The van der Waals surface area contributed by atoms with Crippen LogP contribution < -0.4 is 5.32 Å². The Balaban J connectivity index is 1.62. The van der Waals surface area contributed by atoms with Crippen LogP contribution in [0.15, 0.2) is 24.3 Å². The van der Waals surface area contributed by atoms with E-state index in [9.17, 15) is 4.79 Å². The molecule has 4 unspecified atom stereocenters. The molecule has 0 amide bonds. The minimum absolute atomic E-state index is 0.225. The van der Waals surface area contributed by atoms with Gasteiger partial charge in [0.1, 0.15) is 0 Å². The fourth-order valence-electron chi connectivity index (χ4n) is 4.63. The Bertz CT molecular complexity index is 510. The maximum Gasteiger partial charge on any atom is 0.167 e. The summed E-state index contributed by atoms with van der Waals surface area (Å²) in [5.41, 5.74) is 2.24. The molecule has 1 saturated heterocycles. The van der Waals surface area contributed by atoms with Crippen molar-refractivity contribution >= 4 is 5.78 Å². The first kappa shape index (κ1) is 11.7. The van der Waals surface area contributed by atoms with E-state index in [1.807, 2.05) is 18.2 Å². The van der Waals surface area contributed by atoms with Gasteiger partial charge in [0.15, 0.2) is 5.78 Å². The number of benzene rings is 1. The van der Waals surface area contributed by atoms with Crippen molar-refractivity contribution < 1.29 is 4.79 Å². The smallest absolute Gasteiger partial charge is 0.167 e. The van der Waals surface area contributed by atoms with Gasteiger partial charge in [-0.2, -0.15) is 0 Å². The van der Waals surface area contributed by atoms with Crippen LogP contribution in [0.3, 0.4) is 0 Å². The van der Waals surface area contributed by atoms with Crippen molar-refractivity contribution in [1.29, 1.82) is 0 Å². The van der Waals surface area contributed by atoms with E-state index in [0.717, 1.165) is 36.8 Å². The van der Waals surface area contributed by atoms with Crippen molar-refractivity contribution in [1.82, 2.24) is 5.32 Å². The Labute approximate surface area is 114 Å². The normalized spacial score (nSPS) is 37.2. The van der Waals surface area contributed by atoms with E-state index in [1.165, 1.54) is 24.8 Å². The number of rotatable bonds is 1. The molecule has 0 bridgehead atoms. The van der Waals surface area contributed by atoms with E-state index in [0.29, 0.717) is 11.8 Å². The summed E-state index contributed by atoms with van der Waals surface area (Å²) in [4.78, 5) is 12.8. The summed E-state index contributed by atoms with van der Waals surface area (Å²) in [6.07, 6.45) is 6.17. The molecule has 0 spiro atoms. The number of fused-ring (bicyclic) bond motifs is 2. The molecule has 2 nitrogen and oxygen atoms in total. The number of carbonyl (C=O) groups excluding carboxylic acids is 1. The van der Waals surface area contributed by atoms with Gasteiger partial charge in [-0.3, -0.25) is 4.79 Å². The second-order valence-corrected chi connectivity index (χ2v) is 6.46. The predicted molar refractivity (Wildman–Crippen MR) is 75.2 cm³/mol. The van der Waals surface area contributed by atoms with Gasteiger partial charge in [0.25, 0.3) is 0 Å². The number of nitrogens with one attached hydrogen (secondary N) is 1. The Kier molecular flexibility index (Phi) is 2.73. The molecule has 2 heteroatoms. The van der Waals surface area contributed by atoms with Crippen molar-refractivity contribution in [2.45, 2.75) is 38.1 Å². The maximum absolute atomic E-state index is 12.8. The number of hydrogen-bond donors (Lipinski definition) is 1.